The topological polar surface area (TPSA) is 37.4 Å². The summed E-state index contributed by atoms with van der Waals surface area (Å²) < 4.78 is 6.01. The van der Waals surface area contributed by atoms with Gasteiger partial charge in [-0.2, -0.15) is 0 Å². The van der Waals surface area contributed by atoms with E-state index in [1.165, 1.54) is 0 Å². The third-order valence-corrected chi connectivity index (χ3v) is 3.59. The first-order valence-electron chi connectivity index (χ1n) is 7.65. The van der Waals surface area contributed by atoms with Gasteiger partial charge in [0.05, 0.1) is 5.69 Å². The van der Waals surface area contributed by atoms with E-state index < -0.39 is 0 Å². The molecule has 0 aromatic carbocycles. The molecule has 1 aliphatic heterocycles. The Morgan fingerprint density at radius 1 is 1.35 bits per heavy atom. The van der Waals surface area contributed by atoms with Crippen LogP contribution in [0.25, 0.3) is 0 Å². The van der Waals surface area contributed by atoms with Gasteiger partial charge in [-0.25, -0.2) is 4.98 Å². The molecule has 0 radical (unpaired) electrons. The summed E-state index contributed by atoms with van der Waals surface area (Å²) in [7, 11) is 2.16. The van der Waals surface area contributed by atoms with E-state index in [9.17, 15) is 0 Å². The summed E-state index contributed by atoms with van der Waals surface area (Å²) in [6.07, 6.45) is 2.50. The van der Waals surface area contributed by atoms with Gasteiger partial charge < -0.3 is 15.0 Å². The molecule has 0 atom stereocenters. The largest absolute Gasteiger partial charge is 0.474 e. The van der Waals surface area contributed by atoms with Crippen LogP contribution in [0.1, 0.15) is 32.4 Å². The Morgan fingerprint density at radius 3 is 2.80 bits per heavy atom. The molecule has 0 amide bonds. The van der Waals surface area contributed by atoms with Crippen molar-refractivity contribution in [2.45, 2.75) is 39.3 Å². The number of ether oxygens (including phenoxy) is 1. The first kappa shape index (κ1) is 15.3. The SMILES string of the molecule is CC(C)CNCc1cccc(OC2CCN(C)CC2)n1. The van der Waals surface area contributed by atoms with Gasteiger partial charge in [-0.15, -0.1) is 0 Å². The summed E-state index contributed by atoms with van der Waals surface area (Å²) in [4.78, 5) is 6.93. The van der Waals surface area contributed by atoms with E-state index in [2.05, 4.69) is 42.2 Å². The van der Waals surface area contributed by atoms with Crippen molar-refractivity contribution in [3.05, 3.63) is 23.9 Å². The summed E-state index contributed by atoms with van der Waals surface area (Å²) >= 11 is 0. The van der Waals surface area contributed by atoms with E-state index in [1.807, 2.05) is 12.1 Å². The van der Waals surface area contributed by atoms with Crippen LogP contribution in [0.4, 0.5) is 0 Å². The summed E-state index contributed by atoms with van der Waals surface area (Å²) in [5, 5.41) is 3.41. The fourth-order valence-electron chi connectivity index (χ4n) is 2.38. The van der Waals surface area contributed by atoms with Gasteiger partial charge in [0.2, 0.25) is 5.88 Å². The lowest BCUT2D eigenvalue weighted by atomic mass is 10.1. The van der Waals surface area contributed by atoms with Gasteiger partial charge in [-0.05, 0) is 38.4 Å². The van der Waals surface area contributed by atoms with Crippen LogP contribution in [0, 0.1) is 5.92 Å². The molecular formula is C16H27N3O. The Morgan fingerprint density at radius 2 is 2.10 bits per heavy atom. The number of hydrogen-bond acceptors (Lipinski definition) is 4. The van der Waals surface area contributed by atoms with Gasteiger partial charge in [-0.3, -0.25) is 0 Å². The molecule has 1 aromatic rings. The smallest absolute Gasteiger partial charge is 0.213 e. The van der Waals surface area contributed by atoms with Crippen molar-refractivity contribution in [2.24, 2.45) is 5.92 Å². The lowest BCUT2D eigenvalue weighted by Gasteiger charge is -2.29. The molecule has 0 saturated carbocycles. The third-order valence-electron chi connectivity index (χ3n) is 3.59. The monoisotopic (exact) mass is 277 g/mol. The molecule has 112 valence electrons. The van der Waals surface area contributed by atoms with Crippen molar-refractivity contribution in [1.29, 1.82) is 0 Å². The third kappa shape index (κ3) is 5.10. The average Bonchev–Trinajstić information content (AvgIpc) is 2.41. The lowest BCUT2D eigenvalue weighted by Crippen LogP contribution is -2.35. The molecule has 1 N–H and O–H groups in total. The second kappa shape index (κ2) is 7.60. The summed E-state index contributed by atoms with van der Waals surface area (Å²) in [6, 6.07) is 6.04. The fraction of sp³-hybridized carbons (Fsp3) is 0.688. The second-order valence-electron chi connectivity index (χ2n) is 6.11. The zero-order chi connectivity index (χ0) is 14.4. The van der Waals surface area contributed by atoms with Crippen molar-refractivity contribution in [2.75, 3.05) is 26.7 Å². The summed E-state index contributed by atoms with van der Waals surface area (Å²) in [5.41, 5.74) is 1.05. The Balaban J connectivity index is 1.82. The molecule has 2 heterocycles. The molecule has 4 nitrogen and oxygen atoms in total. The molecule has 0 spiro atoms. The average molecular weight is 277 g/mol. The molecule has 1 saturated heterocycles. The lowest BCUT2D eigenvalue weighted by molar-refractivity contribution is 0.110. The summed E-state index contributed by atoms with van der Waals surface area (Å²) in [5.74, 6) is 1.43. The first-order valence-corrected chi connectivity index (χ1v) is 7.65. The maximum atomic E-state index is 6.01. The standard InChI is InChI=1S/C16H27N3O/c1-13(2)11-17-12-14-5-4-6-16(18-14)20-15-7-9-19(3)10-8-15/h4-6,13,15,17H,7-12H2,1-3H3. The van der Waals surface area contributed by atoms with Crippen molar-refractivity contribution < 1.29 is 4.74 Å². The quantitative estimate of drug-likeness (QED) is 0.866. The predicted molar refractivity (Wildman–Crippen MR) is 81.9 cm³/mol. The number of likely N-dealkylation sites (tertiary alicyclic amines) is 1. The van der Waals surface area contributed by atoms with Crippen molar-refractivity contribution >= 4 is 0 Å². The van der Waals surface area contributed by atoms with Crippen LogP contribution < -0.4 is 10.1 Å². The minimum Gasteiger partial charge on any atom is -0.474 e. The maximum Gasteiger partial charge on any atom is 0.213 e. The molecule has 0 aliphatic carbocycles. The number of piperidine rings is 1. The molecule has 4 heteroatoms. The molecule has 1 aliphatic rings. The molecule has 0 bridgehead atoms. The highest BCUT2D eigenvalue weighted by Gasteiger charge is 2.18. The van der Waals surface area contributed by atoms with Crippen LogP contribution in [-0.2, 0) is 6.54 Å². The van der Waals surface area contributed by atoms with E-state index in [4.69, 9.17) is 4.74 Å². The highest BCUT2D eigenvalue weighted by atomic mass is 16.5. The molecule has 2 rings (SSSR count). The van der Waals surface area contributed by atoms with Crippen LogP contribution in [0.15, 0.2) is 18.2 Å². The van der Waals surface area contributed by atoms with E-state index in [1.54, 1.807) is 0 Å². The minimum atomic E-state index is 0.317. The number of pyridine rings is 1. The second-order valence-corrected chi connectivity index (χ2v) is 6.11. The number of aromatic nitrogens is 1. The Labute approximate surface area is 122 Å². The van der Waals surface area contributed by atoms with Gasteiger partial charge in [-0.1, -0.05) is 19.9 Å². The number of nitrogens with one attached hydrogen (secondary N) is 1. The number of hydrogen-bond donors (Lipinski definition) is 1. The number of nitrogens with zero attached hydrogens (tertiary/aromatic N) is 2. The molecule has 1 aromatic heterocycles. The zero-order valence-electron chi connectivity index (χ0n) is 12.9. The number of rotatable bonds is 6. The highest BCUT2D eigenvalue weighted by molar-refractivity contribution is 5.16. The minimum absolute atomic E-state index is 0.317. The molecule has 20 heavy (non-hydrogen) atoms. The fourth-order valence-corrected chi connectivity index (χ4v) is 2.38. The molecule has 0 unspecified atom stereocenters. The molecular weight excluding hydrogens is 250 g/mol. The normalized spacial score (nSPS) is 17.6. The van der Waals surface area contributed by atoms with Gasteiger partial charge in [0.15, 0.2) is 0 Å². The predicted octanol–water partition coefficient (Wildman–Crippen LogP) is 2.30. The van der Waals surface area contributed by atoms with Gasteiger partial charge in [0.1, 0.15) is 6.10 Å². The van der Waals surface area contributed by atoms with Gasteiger partial charge in [0, 0.05) is 25.7 Å². The Kier molecular flexibility index (Phi) is 5.80. The Hall–Kier alpha value is -1.13. The van der Waals surface area contributed by atoms with Crippen LogP contribution >= 0.6 is 0 Å². The first-order chi connectivity index (χ1) is 9.63. The van der Waals surface area contributed by atoms with Gasteiger partial charge >= 0.3 is 0 Å². The maximum absolute atomic E-state index is 6.01. The highest BCUT2D eigenvalue weighted by Crippen LogP contribution is 2.16. The van der Waals surface area contributed by atoms with Crippen LogP contribution in [-0.4, -0.2) is 42.7 Å². The van der Waals surface area contributed by atoms with E-state index >= 15 is 0 Å². The van der Waals surface area contributed by atoms with Crippen molar-refractivity contribution in [3.8, 4) is 5.88 Å². The zero-order valence-corrected chi connectivity index (χ0v) is 12.9. The summed E-state index contributed by atoms with van der Waals surface area (Å²) in [6.45, 7) is 8.46. The van der Waals surface area contributed by atoms with Crippen LogP contribution in [0.2, 0.25) is 0 Å². The van der Waals surface area contributed by atoms with Gasteiger partial charge in [0.25, 0.3) is 0 Å². The Bertz CT molecular complexity index is 400. The van der Waals surface area contributed by atoms with Crippen LogP contribution in [0.5, 0.6) is 5.88 Å². The van der Waals surface area contributed by atoms with E-state index in [0.29, 0.717) is 12.0 Å². The van der Waals surface area contributed by atoms with Crippen molar-refractivity contribution in [1.82, 2.24) is 15.2 Å². The van der Waals surface area contributed by atoms with E-state index in [0.717, 1.165) is 50.6 Å². The van der Waals surface area contributed by atoms with Crippen LogP contribution in [0.3, 0.4) is 0 Å². The van der Waals surface area contributed by atoms with Crippen molar-refractivity contribution in [3.63, 3.8) is 0 Å². The van der Waals surface area contributed by atoms with E-state index in [-0.39, 0.29) is 0 Å². The molecule has 1 fully saturated rings.